The second-order valence-electron chi connectivity index (χ2n) is 5.36. The Morgan fingerprint density at radius 3 is 3.05 bits per heavy atom. The number of likely N-dealkylation sites (tertiary alicyclic amines) is 1. The summed E-state index contributed by atoms with van der Waals surface area (Å²) in [5, 5.41) is 3.95. The van der Waals surface area contributed by atoms with Crippen molar-refractivity contribution in [1.29, 1.82) is 0 Å². The highest BCUT2D eigenvalue weighted by Crippen LogP contribution is 2.21. The molecule has 1 aliphatic heterocycles. The molecule has 0 saturated carbocycles. The van der Waals surface area contributed by atoms with Crippen molar-refractivity contribution in [3.8, 4) is 0 Å². The van der Waals surface area contributed by atoms with Gasteiger partial charge in [-0.1, -0.05) is 5.16 Å². The zero-order chi connectivity index (χ0) is 14.5. The fraction of sp³-hybridized carbons (Fsp3) is 0.786. The molecule has 0 unspecified atom stereocenters. The van der Waals surface area contributed by atoms with Crippen molar-refractivity contribution in [3.05, 3.63) is 11.7 Å². The van der Waals surface area contributed by atoms with Crippen molar-refractivity contribution in [2.45, 2.75) is 46.1 Å². The molecule has 1 fully saturated rings. The van der Waals surface area contributed by atoms with E-state index in [1.54, 1.807) is 6.92 Å². The Hall–Kier alpha value is -1.43. The van der Waals surface area contributed by atoms with Gasteiger partial charge in [0.2, 0.25) is 5.89 Å². The Balaban J connectivity index is 1.89. The molecule has 0 bridgehead atoms. The largest absolute Gasteiger partial charge is 0.465 e. The Kier molecular flexibility index (Phi) is 5.11. The molecule has 0 aromatic carbocycles. The average molecular weight is 281 g/mol. The Labute approximate surface area is 119 Å². The van der Waals surface area contributed by atoms with E-state index in [1.165, 1.54) is 0 Å². The van der Waals surface area contributed by atoms with Gasteiger partial charge in [-0.3, -0.25) is 9.69 Å². The highest BCUT2D eigenvalue weighted by atomic mass is 16.5. The molecule has 0 spiro atoms. The zero-order valence-corrected chi connectivity index (χ0v) is 12.5. The van der Waals surface area contributed by atoms with E-state index in [4.69, 9.17) is 9.26 Å². The predicted octanol–water partition coefficient (Wildman–Crippen LogP) is 1.58. The number of hydrogen-bond donors (Lipinski definition) is 0. The summed E-state index contributed by atoms with van der Waals surface area (Å²) in [6.07, 6.45) is 3.04. The van der Waals surface area contributed by atoms with Gasteiger partial charge < -0.3 is 9.26 Å². The molecule has 1 aliphatic rings. The molecule has 0 amide bonds. The van der Waals surface area contributed by atoms with Crippen LogP contribution in [0, 0.1) is 12.8 Å². The lowest BCUT2D eigenvalue weighted by Gasteiger charge is -2.35. The van der Waals surface area contributed by atoms with Gasteiger partial charge in [-0.25, -0.2) is 0 Å². The van der Waals surface area contributed by atoms with Crippen LogP contribution in [-0.2, 0) is 16.0 Å². The second kappa shape index (κ2) is 6.83. The van der Waals surface area contributed by atoms with Crippen LogP contribution in [0.1, 0.15) is 38.4 Å². The first kappa shape index (κ1) is 15.0. The molecule has 2 rings (SSSR count). The number of carbonyl (C=O) groups is 1. The number of aryl methyl sites for hydroxylation is 1. The van der Waals surface area contributed by atoms with Gasteiger partial charge in [0.1, 0.15) is 6.04 Å². The van der Waals surface area contributed by atoms with E-state index < -0.39 is 0 Å². The minimum absolute atomic E-state index is 0.136. The van der Waals surface area contributed by atoms with E-state index >= 15 is 0 Å². The minimum Gasteiger partial charge on any atom is -0.465 e. The number of rotatable bonds is 5. The van der Waals surface area contributed by atoms with Crippen LogP contribution in [0.15, 0.2) is 4.52 Å². The van der Waals surface area contributed by atoms with Gasteiger partial charge in [0, 0.05) is 19.9 Å². The van der Waals surface area contributed by atoms with E-state index in [9.17, 15) is 4.79 Å². The van der Waals surface area contributed by atoms with Gasteiger partial charge in [-0.15, -0.1) is 0 Å². The summed E-state index contributed by atoms with van der Waals surface area (Å²) >= 11 is 0. The summed E-state index contributed by atoms with van der Waals surface area (Å²) in [7, 11) is 0. The number of nitrogens with zero attached hydrogens (tertiary/aromatic N) is 3. The number of hydrogen-bond acceptors (Lipinski definition) is 6. The molecule has 0 aliphatic carbocycles. The molecule has 2 heterocycles. The third kappa shape index (κ3) is 3.79. The number of aromatic nitrogens is 2. The Morgan fingerprint density at radius 1 is 1.60 bits per heavy atom. The van der Waals surface area contributed by atoms with Crippen LogP contribution >= 0.6 is 0 Å². The topological polar surface area (TPSA) is 68.5 Å². The average Bonchev–Trinajstić information content (AvgIpc) is 2.84. The van der Waals surface area contributed by atoms with Crippen molar-refractivity contribution in [1.82, 2.24) is 15.0 Å². The van der Waals surface area contributed by atoms with Crippen molar-refractivity contribution >= 4 is 5.97 Å². The third-order valence-corrected chi connectivity index (χ3v) is 3.77. The predicted molar refractivity (Wildman–Crippen MR) is 73.1 cm³/mol. The first-order chi connectivity index (χ1) is 9.60. The first-order valence-corrected chi connectivity index (χ1v) is 7.30. The monoisotopic (exact) mass is 281 g/mol. The van der Waals surface area contributed by atoms with Gasteiger partial charge >= 0.3 is 5.97 Å². The van der Waals surface area contributed by atoms with E-state index in [-0.39, 0.29) is 12.0 Å². The van der Waals surface area contributed by atoms with Crippen LogP contribution in [0.5, 0.6) is 0 Å². The maximum Gasteiger partial charge on any atom is 0.323 e. The highest BCUT2D eigenvalue weighted by Gasteiger charge is 2.28. The van der Waals surface area contributed by atoms with Gasteiger partial charge in [0.05, 0.1) is 6.61 Å². The van der Waals surface area contributed by atoms with E-state index in [0.29, 0.717) is 18.4 Å². The second-order valence-corrected chi connectivity index (χ2v) is 5.36. The molecule has 20 heavy (non-hydrogen) atoms. The molecule has 1 aromatic heterocycles. The lowest BCUT2D eigenvalue weighted by molar-refractivity contribution is -0.149. The molecule has 0 radical (unpaired) electrons. The quantitative estimate of drug-likeness (QED) is 0.763. The third-order valence-electron chi connectivity index (χ3n) is 3.77. The summed E-state index contributed by atoms with van der Waals surface area (Å²) in [5.41, 5.74) is 0. The van der Waals surface area contributed by atoms with Crippen LogP contribution in [0.3, 0.4) is 0 Å². The van der Waals surface area contributed by atoms with Crippen molar-refractivity contribution < 1.29 is 14.1 Å². The van der Waals surface area contributed by atoms with Crippen LogP contribution in [-0.4, -0.2) is 46.7 Å². The number of piperidine rings is 1. The molecule has 6 heteroatoms. The summed E-state index contributed by atoms with van der Waals surface area (Å²) < 4.78 is 10.1. The Morgan fingerprint density at radius 2 is 2.40 bits per heavy atom. The lowest BCUT2D eigenvalue weighted by atomic mass is 9.93. The van der Waals surface area contributed by atoms with Gasteiger partial charge in [-0.2, -0.15) is 4.98 Å². The van der Waals surface area contributed by atoms with Crippen LogP contribution in [0.25, 0.3) is 0 Å². The van der Waals surface area contributed by atoms with E-state index in [0.717, 1.165) is 38.2 Å². The molecule has 1 aromatic rings. The Bertz CT molecular complexity index is 447. The molecular formula is C14H23N3O3. The smallest absolute Gasteiger partial charge is 0.323 e. The summed E-state index contributed by atoms with van der Waals surface area (Å²) in [5.74, 6) is 1.70. The maximum absolute atomic E-state index is 11.8. The molecule has 6 nitrogen and oxygen atoms in total. The first-order valence-electron chi connectivity index (χ1n) is 7.30. The number of esters is 1. The number of carbonyl (C=O) groups excluding carboxylic acids is 1. The van der Waals surface area contributed by atoms with Crippen LogP contribution in [0.2, 0.25) is 0 Å². The van der Waals surface area contributed by atoms with E-state index in [2.05, 4.69) is 15.0 Å². The summed E-state index contributed by atoms with van der Waals surface area (Å²) in [6.45, 7) is 7.81. The molecule has 112 valence electrons. The van der Waals surface area contributed by atoms with Gasteiger partial charge in [-0.05, 0) is 39.2 Å². The molecule has 1 saturated heterocycles. The summed E-state index contributed by atoms with van der Waals surface area (Å²) in [6, 6.07) is -0.176. The van der Waals surface area contributed by atoms with Crippen LogP contribution < -0.4 is 0 Å². The fourth-order valence-electron chi connectivity index (χ4n) is 2.71. The fourth-order valence-corrected chi connectivity index (χ4v) is 2.71. The van der Waals surface area contributed by atoms with Crippen molar-refractivity contribution in [3.63, 3.8) is 0 Å². The zero-order valence-electron chi connectivity index (χ0n) is 12.5. The molecule has 0 N–H and O–H groups in total. The van der Waals surface area contributed by atoms with Gasteiger partial charge in [0.15, 0.2) is 5.82 Å². The van der Waals surface area contributed by atoms with Crippen molar-refractivity contribution in [2.75, 3.05) is 19.7 Å². The van der Waals surface area contributed by atoms with E-state index in [1.807, 2.05) is 13.8 Å². The van der Waals surface area contributed by atoms with Crippen molar-refractivity contribution in [2.24, 2.45) is 5.92 Å². The molecular weight excluding hydrogens is 258 g/mol. The maximum atomic E-state index is 11.8. The lowest BCUT2D eigenvalue weighted by Crippen LogP contribution is -2.46. The standard InChI is InChI=1S/C14H23N3O3/c1-4-19-14(18)10(2)17-7-5-6-12(9-17)8-13-15-11(3)20-16-13/h10,12H,4-9H2,1-3H3/t10-,12+/m1/s1. The number of ether oxygens (including phenoxy) is 1. The summed E-state index contributed by atoms with van der Waals surface area (Å²) in [4.78, 5) is 18.3. The normalized spacial score (nSPS) is 21.6. The van der Waals surface area contributed by atoms with Crippen LogP contribution in [0.4, 0.5) is 0 Å². The SMILES string of the molecule is CCOC(=O)[C@@H](C)N1CCC[C@@H](Cc2noc(C)n2)C1. The van der Waals surface area contributed by atoms with Gasteiger partial charge in [0.25, 0.3) is 0 Å². The molecule has 2 atom stereocenters. The highest BCUT2D eigenvalue weighted by molar-refractivity contribution is 5.75. The minimum atomic E-state index is -0.176.